The molecule has 1 saturated carbocycles. The van der Waals surface area contributed by atoms with Gasteiger partial charge in [-0.05, 0) is 80.0 Å². The summed E-state index contributed by atoms with van der Waals surface area (Å²) >= 11 is 0. The molecule has 0 radical (unpaired) electrons. The third-order valence-electron chi connectivity index (χ3n) is 14.1. The van der Waals surface area contributed by atoms with E-state index in [4.69, 9.17) is 0 Å². The molecule has 0 bridgehead atoms. The molecule has 0 spiro atoms. The summed E-state index contributed by atoms with van der Waals surface area (Å²) in [5.74, 6) is -1.85. The van der Waals surface area contributed by atoms with Crippen molar-refractivity contribution in [3.05, 3.63) is 102 Å². The Bertz CT molecular complexity index is 2440. The molecule has 4 fully saturated rings. The van der Waals surface area contributed by atoms with E-state index in [1.165, 1.54) is 11.3 Å². The number of hydrogen-bond acceptors (Lipinski definition) is 9. The third kappa shape index (κ3) is 10.6. The standard InChI is InChI=1S/C50H63N7O7S/c1-53(2)45-19-9-18-44-43(45)17-10-20-46(44)65(63,64)52-25-27-55-41(30-37-21-23-42(58)24-22-37)34-57(50(62)49(55)61)40(29-36-14-7-4-8-15-36)32-54-26-11-16-38(54)33-56-39(31-51-47(59)48(56)60)28-35-12-5-3-6-13-35/h3,5-6,9-10,12-13,17-24,36,38-41,52,58H,4,7-8,11,14-16,25-34H2,1-2H3,(H,51,59). The molecule has 65 heavy (non-hydrogen) atoms. The van der Waals surface area contributed by atoms with Crippen molar-refractivity contribution in [2.24, 2.45) is 5.92 Å². The predicted molar refractivity (Wildman–Crippen MR) is 251 cm³/mol. The van der Waals surface area contributed by atoms with Crippen molar-refractivity contribution in [1.82, 2.24) is 29.6 Å². The molecule has 1 aliphatic carbocycles. The summed E-state index contributed by atoms with van der Waals surface area (Å²) in [6.07, 6.45) is 9.07. The average molecular weight is 906 g/mol. The van der Waals surface area contributed by atoms with Gasteiger partial charge >= 0.3 is 23.6 Å². The Morgan fingerprint density at radius 2 is 1.45 bits per heavy atom. The van der Waals surface area contributed by atoms with Gasteiger partial charge in [-0.1, -0.05) is 98.8 Å². The molecule has 3 aliphatic heterocycles. The molecule has 15 heteroatoms. The predicted octanol–water partition coefficient (Wildman–Crippen LogP) is 4.54. The number of phenols is 1. The fraction of sp³-hybridized carbons (Fsp3) is 0.480. The summed E-state index contributed by atoms with van der Waals surface area (Å²) in [6, 6.07) is 26.6. The van der Waals surface area contributed by atoms with Gasteiger partial charge in [0.2, 0.25) is 10.0 Å². The zero-order valence-electron chi connectivity index (χ0n) is 37.6. The number of hydrogen-bond donors (Lipinski definition) is 3. The van der Waals surface area contributed by atoms with Gasteiger partial charge in [0, 0.05) is 81.9 Å². The second kappa shape index (κ2) is 20.3. The van der Waals surface area contributed by atoms with Crippen LogP contribution in [0.3, 0.4) is 0 Å². The van der Waals surface area contributed by atoms with Gasteiger partial charge in [-0.2, -0.15) is 0 Å². The van der Waals surface area contributed by atoms with Crippen molar-refractivity contribution in [2.45, 2.75) is 93.3 Å². The fourth-order valence-corrected chi connectivity index (χ4v) is 11.9. The molecule has 4 aromatic carbocycles. The number of piperazine rings is 2. The smallest absolute Gasteiger partial charge is 0.312 e. The first-order chi connectivity index (χ1) is 31.4. The highest BCUT2D eigenvalue weighted by atomic mass is 32.2. The van der Waals surface area contributed by atoms with Gasteiger partial charge in [0.25, 0.3) is 0 Å². The summed E-state index contributed by atoms with van der Waals surface area (Å²) in [5, 5.41) is 14.3. The summed E-state index contributed by atoms with van der Waals surface area (Å²) in [7, 11) is -0.202. The van der Waals surface area contributed by atoms with Crippen LogP contribution in [0.4, 0.5) is 5.69 Å². The fourth-order valence-electron chi connectivity index (χ4n) is 10.7. The quantitative estimate of drug-likeness (QED) is 0.129. The average Bonchev–Trinajstić information content (AvgIpc) is 3.75. The molecule has 3 heterocycles. The normalized spacial score (nSPS) is 21.9. The van der Waals surface area contributed by atoms with Gasteiger partial charge in [-0.25, -0.2) is 13.1 Å². The largest absolute Gasteiger partial charge is 0.508 e. The lowest BCUT2D eigenvalue weighted by Crippen LogP contribution is -2.65. The molecule has 3 N–H and O–H groups in total. The van der Waals surface area contributed by atoms with E-state index in [2.05, 4.69) is 14.9 Å². The maximum Gasteiger partial charge on any atom is 0.312 e. The van der Waals surface area contributed by atoms with E-state index in [1.807, 2.05) is 79.7 Å². The van der Waals surface area contributed by atoms with Crippen LogP contribution in [0.15, 0.2) is 95.9 Å². The number of carbonyl (C=O) groups is 4. The summed E-state index contributed by atoms with van der Waals surface area (Å²) in [4.78, 5) is 64.9. The van der Waals surface area contributed by atoms with Crippen LogP contribution in [0.2, 0.25) is 0 Å². The van der Waals surface area contributed by atoms with Crippen molar-refractivity contribution >= 4 is 50.1 Å². The first kappa shape index (κ1) is 46.0. The number of amides is 4. The van der Waals surface area contributed by atoms with E-state index < -0.39 is 39.7 Å². The number of carbonyl (C=O) groups excluding carboxylic acids is 4. The third-order valence-corrected chi connectivity index (χ3v) is 15.6. The van der Waals surface area contributed by atoms with Gasteiger partial charge in [-0.3, -0.25) is 24.1 Å². The maximum atomic E-state index is 14.6. The van der Waals surface area contributed by atoms with E-state index in [-0.39, 0.29) is 48.4 Å². The molecule has 3 saturated heterocycles. The summed E-state index contributed by atoms with van der Waals surface area (Å²) < 4.78 is 30.6. The Morgan fingerprint density at radius 3 is 2.20 bits per heavy atom. The minimum Gasteiger partial charge on any atom is -0.508 e. The van der Waals surface area contributed by atoms with Crippen molar-refractivity contribution < 1.29 is 32.7 Å². The Labute approximate surface area is 383 Å². The Morgan fingerprint density at radius 1 is 0.738 bits per heavy atom. The van der Waals surface area contributed by atoms with Gasteiger partial charge in [0.1, 0.15) is 5.75 Å². The minimum atomic E-state index is -4.02. The van der Waals surface area contributed by atoms with Crippen LogP contribution in [-0.4, -0.2) is 141 Å². The van der Waals surface area contributed by atoms with Crippen molar-refractivity contribution in [3.63, 3.8) is 0 Å². The lowest BCUT2D eigenvalue weighted by atomic mass is 9.84. The van der Waals surface area contributed by atoms with Gasteiger partial charge in [0.05, 0.1) is 17.0 Å². The highest BCUT2D eigenvalue weighted by Crippen LogP contribution is 2.33. The second-order valence-electron chi connectivity index (χ2n) is 18.6. The molecule has 346 valence electrons. The first-order valence-corrected chi connectivity index (χ1v) is 24.8. The monoisotopic (exact) mass is 905 g/mol. The van der Waals surface area contributed by atoms with Crippen LogP contribution in [0.5, 0.6) is 5.75 Å². The van der Waals surface area contributed by atoms with Crippen molar-refractivity contribution in [1.29, 1.82) is 0 Å². The topological polar surface area (TPSA) is 163 Å². The van der Waals surface area contributed by atoms with Crippen molar-refractivity contribution in [2.75, 3.05) is 64.8 Å². The van der Waals surface area contributed by atoms with Crippen LogP contribution < -0.4 is 14.9 Å². The van der Waals surface area contributed by atoms with Gasteiger partial charge in [0.15, 0.2) is 0 Å². The minimum absolute atomic E-state index is 0.0167. The molecule has 0 aromatic heterocycles. The van der Waals surface area contributed by atoms with Crippen LogP contribution in [0, 0.1) is 5.92 Å². The molecular formula is C50H63N7O7S. The van der Waals surface area contributed by atoms with E-state index >= 15 is 0 Å². The zero-order valence-corrected chi connectivity index (χ0v) is 38.4. The van der Waals surface area contributed by atoms with Gasteiger partial charge in [-0.15, -0.1) is 0 Å². The number of sulfonamides is 1. The van der Waals surface area contributed by atoms with E-state index in [9.17, 15) is 32.7 Å². The summed E-state index contributed by atoms with van der Waals surface area (Å²) in [6.45, 7) is 2.22. The summed E-state index contributed by atoms with van der Waals surface area (Å²) in [5.41, 5.74) is 2.85. The number of likely N-dealkylation sites (tertiary alicyclic amines) is 1. The number of fused-ring (bicyclic) bond motifs is 1. The van der Waals surface area contributed by atoms with Crippen LogP contribution in [0.25, 0.3) is 10.8 Å². The number of anilines is 1. The highest BCUT2D eigenvalue weighted by Gasteiger charge is 2.44. The molecule has 14 nitrogen and oxygen atoms in total. The number of aromatic hydroxyl groups is 1. The highest BCUT2D eigenvalue weighted by molar-refractivity contribution is 7.89. The number of benzene rings is 4. The molecule has 4 unspecified atom stereocenters. The molecule has 4 aromatic rings. The zero-order chi connectivity index (χ0) is 45.7. The Hall–Kier alpha value is -5.51. The first-order valence-electron chi connectivity index (χ1n) is 23.3. The number of nitrogens with one attached hydrogen (secondary N) is 2. The molecule has 4 aliphatic rings. The van der Waals surface area contributed by atoms with Crippen LogP contribution in [-0.2, 0) is 42.0 Å². The van der Waals surface area contributed by atoms with Crippen LogP contribution >= 0.6 is 0 Å². The van der Waals surface area contributed by atoms with E-state index in [0.29, 0.717) is 43.8 Å². The lowest BCUT2D eigenvalue weighted by Gasteiger charge is -2.46. The molecule has 4 amide bonds. The van der Waals surface area contributed by atoms with E-state index in [1.54, 1.807) is 40.1 Å². The second-order valence-corrected chi connectivity index (χ2v) is 20.3. The van der Waals surface area contributed by atoms with E-state index in [0.717, 1.165) is 73.7 Å². The number of phenolic OH excluding ortho intramolecular Hbond substituents is 1. The van der Waals surface area contributed by atoms with Gasteiger partial charge < -0.3 is 30.0 Å². The van der Waals surface area contributed by atoms with Crippen molar-refractivity contribution in [3.8, 4) is 5.75 Å². The molecule has 8 rings (SSSR count). The van der Waals surface area contributed by atoms with Crippen LogP contribution in [0.1, 0.15) is 62.5 Å². The lowest BCUT2D eigenvalue weighted by molar-refractivity contribution is -0.161. The Kier molecular flexibility index (Phi) is 14.4. The number of nitrogens with zero attached hydrogens (tertiary/aromatic N) is 5. The molecular weight excluding hydrogens is 843 g/mol. The molecule has 4 atom stereocenters. The Balaban J connectivity index is 1.03. The maximum absolute atomic E-state index is 14.6. The number of rotatable bonds is 17. The SMILES string of the molecule is CN(C)c1cccc2c(S(=O)(=O)NCCN3C(=O)C(=O)N(C(CC4CCCCC4)CN4CCCC4CN4C(=O)C(=O)NCC4Cc4ccccc4)CC3Cc3ccc(O)cc3)cccc12.